The summed E-state index contributed by atoms with van der Waals surface area (Å²) < 4.78 is 63.7. The zero-order chi connectivity index (χ0) is 22.8. The molecule has 0 aliphatic carbocycles. The number of aromatic nitrogens is 2. The second kappa shape index (κ2) is 9.08. The standard InChI is InChI=1S/C20H21F2N3O5S/c1-3-16(31(23,27)28)12-4-5-15(21)17(18(12)22)19(26)14-10-25-20-13(14)8-11(9-24-20)30-7-6-29-2/h4-5,8-10,16H,3,6-7H2,1-2H3,(H,24,25)(H2,23,27,28). The van der Waals surface area contributed by atoms with Gasteiger partial charge in [-0.15, -0.1) is 0 Å². The average Bonchev–Trinajstić information content (AvgIpc) is 3.12. The number of rotatable bonds is 9. The highest BCUT2D eigenvalue weighted by atomic mass is 32.2. The van der Waals surface area contributed by atoms with Crippen LogP contribution in [0.5, 0.6) is 5.75 Å². The maximum absolute atomic E-state index is 15.2. The number of pyridine rings is 1. The van der Waals surface area contributed by atoms with Gasteiger partial charge in [-0.05, 0) is 18.6 Å². The summed E-state index contributed by atoms with van der Waals surface area (Å²) in [5.74, 6) is -3.01. The summed E-state index contributed by atoms with van der Waals surface area (Å²) in [5, 5.41) is 4.06. The monoisotopic (exact) mass is 453 g/mol. The Balaban J connectivity index is 2.08. The number of hydrogen-bond acceptors (Lipinski definition) is 6. The van der Waals surface area contributed by atoms with Crippen molar-refractivity contribution in [3.63, 3.8) is 0 Å². The Morgan fingerprint density at radius 1 is 1.29 bits per heavy atom. The molecule has 3 aromatic rings. The van der Waals surface area contributed by atoms with Crippen LogP contribution in [0.15, 0.2) is 30.6 Å². The van der Waals surface area contributed by atoms with Crippen LogP contribution >= 0.6 is 0 Å². The summed E-state index contributed by atoms with van der Waals surface area (Å²) in [6.07, 6.45) is 2.66. The summed E-state index contributed by atoms with van der Waals surface area (Å²) in [7, 11) is -2.65. The van der Waals surface area contributed by atoms with Gasteiger partial charge < -0.3 is 14.5 Å². The second-order valence-electron chi connectivity index (χ2n) is 6.75. The van der Waals surface area contributed by atoms with Crippen LogP contribution in [0.3, 0.4) is 0 Å². The first-order valence-corrected chi connectivity index (χ1v) is 10.9. The van der Waals surface area contributed by atoms with Crippen LogP contribution in [0.25, 0.3) is 11.0 Å². The highest BCUT2D eigenvalue weighted by Gasteiger charge is 2.30. The van der Waals surface area contributed by atoms with E-state index < -0.39 is 38.3 Å². The number of sulfonamides is 1. The average molecular weight is 453 g/mol. The minimum atomic E-state index is -4.17. The molecule has 11 heteroatoms. The van der Waals surface area contributed by atoms with E-state index in [9.17, 15) is 17.6 Å². The van der Waals surface area contributed by atoms with Gasteiger partial charge in [0.05, 0.1) is 18.4 Å². The Morgan fingerprint density at radius 3 is 2.68 bits per heavy atom. The molecule has 0 spiro atoms. The number of aromatic amines is 1. The van der Waals surface area contributed by atoms with E-state index in [4.69, 9.17) is 14.6 Å². The summed E-state index contributed by atoms with van der Waals surface area (Å²) >= 11 is 0. The van der Waals surface area contributed by atoms with Gasteiger partial charge >= 0.3 is 0 Å². The zero-order valence-electron chi connectivity index (χ0n) is 16.8. The van der Waals surface area contributed by atoms with Crippen molar-refractivity contribution < 1.29 is 31.5 Å². The van der Waals surface area contributed by atoms with Gasteiger partial charge in [-0.3, -0.25) is 4.79 Å². The number of fused-ring (bicyclic) bond motifs is 1. The number of nitrogens with one attached hydrogen (secondary N) is 1. The largest absolute Gasteiger partial charge is 0.490 e. The molecule has 0 fully saturated rings. The molecule has 31 heavy (non-hydrogen) atoms. The molecule has 166 valence electrons. The molecule has 0 saturated heterocycles. The number of nitrogens with two attached hydrogens (primary N) is 1. The fourth-order valence-corrected chi connectivity index (χ4v) is 4.28. The smallest absolute Gasteiger partial charge is 0.216 e. The maximum atomic E-state index is 15.2. The van der Waals surface area contributed by atoms with E-state index in [1.54, 1.807) is 0 Å². The van der Waals surface area contributed by atoms with Crippen molar-refractivity contribution in [3.8, 4) is 5.75 Å². The van der Waals surface area contributed by atoms with E-state index in [0.29, 0.717) is 23.4 Å². The molecule has 3 N–H and O–H groups in total. The van der Waals surface area contributed by atoms with E-state index in [2.05, 4.69) is 9.97 Å². The van der Waals surface area contributed by atoms with Gasteiger partial charge in [-0.1, -0.05) is 13.0 Å². The predicted octanol–water partition coefficient (Wildman–Crippen LogP) is 2.84. The molecule has 2 heterocycles. The molecule has 8 nitrogen and oxygen atoms in total. The van der Waals surface area contributed by atoms with E-state index in [-0.39, 0.29) is 24.2 Å². The first-order chi connectivity index (χ1) is 14.7. The molecule has 1 aromatic carbocycles. The first kappa shape index (κ1) is 22.8. The van der Waals surface area contributed by atoms with E-state index in [0.717, 1.165) is 12.1 Å². The summed E-state index contributed by atoms with van der Waals surface area (Å²) in [4.78, 5) is 20.0. The number of primary sulfonamides is 1. The lowest BCUT2D eigenvalue weighted by Gasteiger charge is -2.16. The van der Waals surface area contributed by atoms with Gasteiger partial charge in [-0.25, -0.2) is 27.3 Å². The Kier molecular flexibility index (Phi) is 6.68. The number of carbonyl (C=O) groups is 1. The van der Waals surface area contributed by atoms with Crippen LogP contribution < -0.4 is 9.88 Å². The quantitative estimate of drug-likeness (QED) is 0.379. The van der Waals surface area contributed by atoms with Crippen molar-refractivity contribution in [2.24, 2.45) is 5.14 Å². The molecule has 1 atom stereocenters. The van der Waals surface area contributed by atoms with Crippen LogP contribution in [-0.2, 0) is 14.8 Å². The minimum absolute atomic E-state index is 0.0432. The molecule has 0 aliphatic heterocycles. The van der Waals surface area contributed by atoms with Crippen LogP contribution in [0.4, 0.5) is 8.78 Å². The fourth-order valence-electron chi connectivity index (χ4n) is 3.28. The molecule has 1 unspecified atom stereocenters. The maximum Gasteiger partial charge on any atom is 0.216 e. The normalized spacial score (nSPS) is 12.8. The van der Waals surface area contributed by atoms with Crippen molar-refractivity contribution in [1.82, 2.24) is 9.97 Å². The molecule has 0 amide bonds. The van der Waals surface area contributed by atoms with Gasteiger partial charge in [0.25, 0.3) is 0 Å². The number of benzene rings is 1. The van der Waals surface area contributed by atoms with Gasteiger partial charge in [0, 0.05) is 29.8 Å². The Bertz CT molecular complexity index is 1230. The summed E-state index contributed by atoms with van der Waals surface area (Å²) in [5.41, 5.74) is -0.962. The topological polar surface area (TPSA) is 124 Å². The molecular weight excluding hydrogens is 432 g/mol. The lowest BCUT2D eigenvalue weighted by molar-refractivity contribution is 0.103. The number of carbonyl (C=O) groups excluding carboxylic acids is 1. The van der Waals surface area contributed by atoms with E-state index in [1.165, 1.54) is 32.5 Å². The number of H-pyrrole nitrogens is 1. The van der Waals surface area contributed by atoms with Gasteiger partial charge in [0.15, 0.2) is 0 Å². The zero-order valence-corrected chi connectivity index (χ0v) is 17.6. The van der Waals surface area contributed by atoms with E-state index in [1.807, 2.05) is 0 Å². The van der Waals surface area contributed by atoms with Gasteiger partial charge in [-0.2, -0.15) is 0 Å². The second-order valence-corrected chi connectivity index (χ2v) is 8.50. The fraction of sp³-hybridized carbons (Fsp3) is 0.300. The molecule has 2 aromatic heterocycles. The SMILES string of the molecule is CCC(c1ccc(F)c(C(=O)c2c[nH]c3ncc(OCCOC)cc23)c1F)S(N)(=O)=O. The van der Waals surface area contributed by atoms with Crippen LogP contribution in [0, 0.1) is 11.6 Å². The molecule has 0 radical (unpaired) electrons. The minimum Gasteiger partial charge on any atom is -0.490 e. The lowest BCUT2D eigenvalue weighted by atomic mass is 9.98. The number of halogens is 2. The molecule has 0 saturated carbocycles. The number of ether oxygens (including phenoxy) is 2. The van der Waals surface area contributed by atoms with Crippen molar-refractivity contribution in [3.05, 3.63) is 58.9 Å². The third kappa shape index (κ3) is 4.58. The van der Waals surface area contributed by atoms with Crippen molar-refractivity contribution in [2.75, 3.05) is 20.3 Å². The van der Waals surface area contributed by atoms with Crippen LogP contribution in [0.2, 0.25) is 0 Å². The van der Waals surface area contributed by atoms with Gasteiger partial charge in [0.2, 0.25) is 15.8 Å². The summed E-state index contributed by atoms with van der Waals surface area (Å²) in [6.45, 7) is 2.08. The molecule has 3 rings (SSSR count). The van der Waals surface area contributed by atoms with Crippen LogP contribution in [0.1, 0.15) is 40.1 Å². The molecule has 0 aliphatic rings. The number of hydrogen-bond donors (Lipinski definition) is 2. The third-order valence-electron chi connectivity index (χ3n) is 4.77. The highest BCUT2D eigenvalue weighted by molar-refractivity contribution is 7.89. The number of methoxy groups -OCH3 is 1. The number of ketones is 1. The van der Waals surface area contributed by atoms with Crippen molar-refractivity contribution >= 4 is 26.8 Å². The first-order valence-electron chi connectivity index (χ1n) is 9.32. The highest BCUT2D eigenvalue weighted by Crippen LogP contribution is 2.31. The van der Waals surface area contributed by atoms with Crippen molar-refractivity contribution in [2.45, 2.75) is 18.6 Å². The van der Waals surface area contributed by atoms with Crippen LogP contribution in [-0.4, -0.2) is 44.5 Å². The van der Waals surface area contributed by atoms with E-state index >= 15 is 4.39 Å². The Morgan fingerprint density at radius 2 is 2.03 bits per heavy atom. The Hall–Kier alpha value is -2.89. The molecular formula is C20H21F2N3O5S. The third-order valence-corrected chi connectivity index (χ3v) is 6.15. The lowest BCUT2D eigenvalue weighted by Crippen LogP contribution is -2.23. The van der Waals surface area contributed by atoms with Gasteiger partial charge in [0.1, 0.15) is 34.9 Å². The Labute approximate surface area is 177 Å². The predicted molar refractivity (Wildman–Crippen MR) is 109 cm³/mol. The number of nitrogens with zero attached hydrogens (tertiary/aromatic N) is 1. The molecule has 0 bridgehead atoms. The summed E-state index contributed by atoms with van der Waals surface area (Å²) in [6, 6.07) is 3.35. The van der Waals surface area contributed by atoms with Crippen molar-refractivity contribution in [1.29, 1.82) is 0 Å².